The zero-order valence-electron chi connectivity index (χ0n) is 12.1. The third-order valence-electron chi connectivity index (χ3n) is 4.00. The molecular formula is C15H28N2OS. The van der Waals surface area contributed by atoms with Crippen LogP contribution in [0.1, 0.15) is 71.1 Å². The maximum absolute atomic E-state index is 11.9. The second kappa shape index (κ2) is 9.29. The summed E-state index contributed by atoms with van der Waals surface area (Å²) in [5.41, 5.74) is 5.81. The summed E-state index contributed by atoms with van der Waals surface area (Å²) in [6.45, 7) is 2.17. The molecule has 3 N–H and O–H groups in total. The topological polar surface area (TPSA) is 55.1 Å². The van der Waals surface area contributed by atoms with E-state index in [1.165, 1.54) is 32.1 Å². The Bertz CT molecular complexity index is 288. The standard InChI is InChI=1S/C15H28N2OS/c1-2-3-4-8-11-13(18)17-14(15(16)19)12-9-6-5-7-10-12/h12,14H,2-11H2,1H3,(H2,16,19)(H,17,18). The molecule has 1 amide bonds. The Hall–Kier alpha value is -0.640. The van der Waals surface area contributed by atoms with Crippen molar-refractivity contribution in [1.29, 1.82) is 0 Å². The lowest BCUT2D eigenvalue weighted by molar-refractivity contribution is -0.121. The molecule has 0 aliphatic heterocycles. The zero-order valence-corrected chi connectivity index (χ0v) is 12.9. The van der Waals surface area contributed by atoms with Crippen molar-refractivity contribution in [2.45, 2.75) is 77.2 Å². The average molecular weight is 284 g/mol. The molecule has 110 valence electrons. The number of unbranched alkanes of at least 4 members (excludes halogenated alkanes) is 3. The van der Waals surface area contributed by atoms with Gasteiger partial charge in [-0.1, -0.05) is 57.7 Å². The maximum atomic E-state index is 11.9. The quantitative estimate of drug-likeness (QED) is 0.531. The van der Waals surface area contributed by atoms with Crippen molar-refractivity contribution in [1.82, 2.24) is 5.32 Å². The fraction of sp³-hybridized carbons (Fsp3) is 0.867. The van der Waals surface area contributed by atoms with Crippen LogP contribution in [0, 0.1) is 5.92 Å². The number of hydrogen-bond donors (Lipinski definition) is 2. The SMILES string of the molecule is CCCCCCC(=O)NC(C(N)=S)C1CCCCC1. The molecule has 0 heterocycles. The Labute approximate surface area is 122 Å². The van der Waals surface area contributed by atoms with Crippen LogP contribution in [0.5, 0.6) is 0 Å². The lowest BCUT2D eigenvalue weighted by atomic mass is 9.83. The molecule has 1 rings (SSSR count). The monoisotopic (exact) mass is 284 g/mol. The Morgan fingerprint density at radius 3 is 2.53 bits per heavy atom. The lowest BCUT2D eigenvalue weighted by Gasteiger charge is -2.30. The first-order valence-electron chi connectivity index (χ1n) is 7.73. The predicted octanol–water partition coefficient (Wildman–Crippen LogP) is 3.31. The van der Waals surface area contributed by atoms with Crippen molar-refractivity contribution in [3.8, 4) is 0 Å². The average Bonchev–Trinajstić information content (AvgIpc) is 2.41. The Morgan fingerprint density at radius 1 is 1.26 bits per heavy atom. The van der Waals surface area contributed by atoms with Gasteiger partial charge in [0.2, 0.25) is 5.91 Å². The first-order valence-corrected chi connectivity index (χ1v) is 8.14. The van der Waals surface area contributed by atoms with E-state index in [0.717, 1.165) is 25.7 Å². The van der Waals surface area contributed by atoms with Crippen molar-refractivity contribution < 1.29 is 4.79 Å². The highest BCUT2D eigenvalue weighted by Crippen LogP contribution is 2.26. The molecule has 19 heavy (non-hydrogen) atoms. The van der Waals surface area contributed by atoms with Crippen LogP contribution >= 0.6 is 12.2 Å². The third-order valence-corrected chi connectivity index (χ3v) is 4.26. The van der Waals surface area contributed by atoms with Crippen LogP contribution in [-0.2, 0) is 4.79 Å². The largest absolute Gasteiger partial charge is 0.392 e. The fourth-order valence-electron chi connectivity index (χ4n) is 2.85. The van der Waals surface area contributed by atoms with Crippen molar-refractivity contribution in [2.24, 2.45) is 11.7 Å². The van der Waals surface area contributed by atoms with Gasteiger partial charge in [0, 0.05) is 6.42 Å². The summed E-state index contributed by atoms with van der Waals surface area (Å²) in [5, 5.41) is 3.06. The van der Waals surface area contributed by atoms with E-state index in [4.69, 9.17) is 18.0 Å². The molecule has 1 saturated carbocycles. The van der Waals surface area contributed by atoms with E-state index in [1.54, 1.807) is 0 Å². The number of nitrogens with two attached hydrogens (primary N) is 1. The van der Waals surface area contributed by atoms with Crippen LogP contribution in [0.2, 0.25) is 0 Å². The van der Waals surface area contributed by atoms with Crippen molar-refractivity contribution >= 4 is 23.1 Å². The van der Waals surface area contributed by atoms with Gasteiger partial charge in [0.25, 0.3) is 0 Å². The van der Waals surface area contributed by atoms with Gasteiger partial charge in [-0.25, -0.2) is 0 Å². The minimum atomic E-state index is -0.0889. The first kappa shape index (κ1) is 16.4. The van der Waals surface area contributed by atoms with Crippen molar-refractivity contribution in [3.05, 3.63) is 0 Å². The highest BCUT2D eigenvalue weighted by atomic mass is 32.1. The number of carbonyl (C=O) groups is 1. The summed E-state index contributed by atoms with van der Waals surface area (Å²) in [6.07, 6.45) is 11.1. The van der Waals surface area contributed by atoms with Gasteiger partial charge in [0.15, 0.2) is 0 Å². The molecule has 1 aliphatic carbocycles. The summed E-state index contributed by atoms with van der Waals surface area (Å²) in [7, 11) is 0. The van der Waals surface area contributed by atoms with Gasteiger partial charge in [-0.3, -0.25) is 4.79 Å². The molecule has 0 bridgehead atoms. The van der Waals surface area contributed by atoms with Gasteiger partial charge in [0.1, 0.15) is 0 Å². The summed E-state index contributed by atoms with van der Waals surface area (Å²) in [5.74, 6) is 0.560. The molecule has 1 atom stereocenters. The first-order chi connectivity index (χ1) is 9.15. The van der Waals surface area contributed by atoms with E-state index in [1.807, 2.05) is 0 Å². The van der Waals surface area contributed by atoms with Gasteiger partial charge >= 0.3 is 0 Å². The van der Waals surface area contributed by atoms with Gasteiger partial charge in [-0.2, -0.15) is 0 Å². The molecule has 0 aromatic carbocycles. The molecule has 3 nitrogen and oxygen atoms in total. The molecule has 0 aromatic rings. The summed E-state index contributed by atoms with van der Waals surface area (Å²) in [6, 6.07) is -0.0889. The molecule has 0 spiro atoms. The number of carbonyl (C=O) groups excluding carboxylic acids is 1. The number of nitrogens with one attached hydrogen (secondary N) is 1. The van der Waals surface area contributed by atoms with Gasteiger partial charge in [0.05, 0.1) is 11.0 Å². The van der Waals surface area contributed by atoms with Crippen LogP contribution in [-0.4, -0.2) is 16.9 Å². The molecule has 0 aromatic heterocycles. The third kappa shape index (κ3) is 6.37. The smallest absolute Gasteiger partial charge is 0.220 e. The highest BCUT2D eigenvalue weighted by molar-refractivity contribution is 7.80. The highest BCUT2D eigenvalue weighted by Gasteiger charge is 2.26. The Morgan fingerprint density at radius 2 is 1.95 bits per heavy atom. The maximum Gasteiger partial charge on any atom is 0.220 e. The van der Waals surface area contributed by atoms with E-state index < -0.39 is 0 Å². The van der Waals surface area contributed by atoms with E-state index >= 15 is 0 Å². The van der Waals surface area contributed by atoms with Gasteiger partial charge in [-0.05, 0) is 25.2 Å². The summed E-state index contributed by atoms with van der Waals surface area (Å²) < 4.78 is 0. The normalized spacial score (nSPS) is 17.9. The van der Waals surface area contributed by atoms with Crippen LogP contribution in [0.15, 0.2) is 0 Å². The molecule has 1 unspecified atom stereocenters. The summed E-state index contributed by atoms with van der Waals surface area (Å²) >= 11 is 5.13. The molecule has 1 aliphatic rings. The Balaban J connectivity index is 2.35. The van der Waals surface area contributed by atoms with Crippen LogP contribution in [0.4, 0.5) is 0 Å². The van der Waals surface area contributed by atoms with Crippen molar-refractivity contribution in [3.63, 3.8) is 0 Å². The number of amides is 1. The zero-order chi connectivity index (χ0) is 14.1. The van der Waals surface area contributed by atoms with E-state index in [9.17, 15) is 4.79 Å². The fourth-order valence-corrected chi connectivity index (χ4v) is 3.10. The minimum absolute atomic E-state index is 0.0889. The van der Waals surface area contributed by atoms with Crippen LogP contribution in [0.25, 0.3) is 0 Å². The van der Waals surface area contributed by atoms with Gasteiger partial charge < -0.3 is 11.1 Å². The molecular weight excluding hydrogens is 256 g/mol. The summed E-state index contributed by atoms with van der Waals surface area (Å²) in [4.78, 5) is 12.4. The second-order valence-electron chi connectivity index (χ2n) is 5.66. The number of hydrogen-bond acceptors (Lipinski definition) is 2. The lowest BCUT2D eigenvalue weighted by Crippen LogP contribution is -2.48. The van der Waals surface area contributed by atoms with Crippen LogP contribution < -0.4 is 11.1 Å². The van der Waals surface area contributed by atoms with E-state index in [2.05, 4.69) is 12.2 Å². The Kier molecular flexibility index (Phi) is 8.03. The second-order valence-corrected chi connectivity index (χ2v) is 6.13. The molecule has 0 saturated heterocycles. The van der Waals surface area contributed by atoms with E-state index in [0.29, 0.717) is 17.3 Å². The van der Waals surface area contributed by atoms with E-state index in [-0.39, 0.29) is 11.9 Å². The molecule has 0 radical (unpaired) electrons. The number of rotatable bonds is 8. The minimum Gasteiger partial charge on any atom is -0.392 e. The predicted molar refractivity (Wildman–Crippen MR) is 84.1 cm³/mol. The van der Waals surface area contributed by atoms with Crippen molar-refractivity contribution in [2.75, 3.05) is 0 Å². The van der Waals surface area contributed by atoms with Gasteiger partial charge in [-0.15, -0.1) is 0 Å². The van der Waals surface area contributed by atoms with Crippen LogP contribution in [0.3, 0.4) is 0 Å². The molecule has 1 fully saturated rings. The number of thiocarbonyl (C=S) groups is 1. The molecule has 4 heteroatoms.